The van der Waals surface area contributed by atoms with Gasteiger partial charge in [0.15, 0.2) is 5.16 Å². The van der Waals surface area contributed by atoms with Crippen molar-refractivity contribution in [2.75, 3.05) is 0 Å². The molecule has 1 aromatic heterocycles. The molecule has 0 aliphatic carbocycles. The summed E-state index contributed by atoms with van der Waals surface area (Å²) in [6.07, 6.45) is 1.77. The number of rotatable bonds is 6. The van der Waals surface area contributed by atoms with E-state index >= 15 is 0 Å². The topological polar surface area (TPSA) is 38.0 Å². The van der Waals surface area contributed by atoms with Crippen LogP contribution in [0.5, 0.6) is 0 Å². The number of hydrogen-bond acceptors (Lipinski definition) is 3. The van der Waals surface area contributed by atoms with Crippen molar-refractivity contribution in [1.29, 1.82) is 0 Å². The van der Waals surface area contributed by atoms with Gasteiger partial charge < -0.3 is 9.67 Å². The van der Waals surface area contributed by atoms with Crippen LogP contribution >= 0.6 is 11.8 Å². The Morgan fingerprint density at radius 3 is 2.50 bits per heavy atom. The molecule has 0 fully saturated rings. The zero-order chi connectivity index (χ0) is 16.9. The van der Waals surface area contributed by atoms with Crippen molar-refractivity contribution in [1.82, 2.24) is 9.55 Å². The van der Waals surface area contributed by atoms with Crippen LogP contribution in [-0.2, 0) is 18.9 Å². The average molecular weight is 338 g/mol. The van der Waals surface area contributed by atoms with E-state index in [1.807, 2.05) is 0 Å². The molecule has 0 radical (unpaired) electrons. The van der Waals surface area contributed by atoms with Gasteiger partial charge >= 0.3 is 0 Å². The number of nitrogens with zero attached hydrogens (tertiary/aromatic N) is 2. The quantitative estimate of drug-likeness (QED) is 0.680. The lowest BCUT2D eigenvalue weighted by Gasteiger charge is -2.11. The van der Waals surface area contributed by atoms with Crippen LogP contribution in [0.15, 0.2) is 59.9 Å². The number of aromatic nitrogens is 2. The second-order valence-corrected chi connectivity index (χ2v) is 6.98. The molecule has 0 atom stereocenters. The number of imidazole rings is 1. The molecule has 0 aliphatic heterocycles. The Morgan fingerprint density at radius 1 is 1.00 bits per heavy atom. The summed E-state index contributed by atoms with van der Waals surface area (Å²) in [6, 6.07) is 17.0. The molecule has 0 aliphatic rings. The molecule has 3 aromatic rings. The van der Waals surface area contributed by atoms with E-state index in [9.17, 15) is 5.11 Å². The van der Waals surface area contributed by atoms with Crippen molar-refractivity contribution in [2.45, 2.75) is 37.9 Å². The van der Waals surface area contributed by atoms with Crippen LogP contribution in [0.25, 0.3) is 0 Å². The van der Waals surface area contributed by atoms with Gasteiger partial charge in [0, 0.05) is 12.3 Å². The number of aliphatic hydroxyl groups is 1. The molecule has 3 nitrogen and oxygen atoms in total. The van der Waals surface area contributed by atoms with E-state index in [1.54, 1.807) is 18.0 Å². The van der Waals surface area contributed by atoms with E-state index in [2.05, 4.69) is 71.9 Å². The van der Waals surface area contributed by atoms with Crippen molar-refractivity contribution in [3.8, 4) is 0 Å². The highest BCUT2D eigenvalue weighted by Gasteiger charge is 2.11. The van der Waals surface area contributed by atoms with Crippen molar-refractivity contribution < 1.29 is 5.11 Å². The van der Waals surface area contributed by atoms with Crippen molar-refractivity contribution in [3.05, 3.63) is 82.7 Å². The highest BCUT2D eigenvalue weighted by atomic mass is 32.2. The van der Waals surface area contributed by atoms with Crippen LogP contribution in [0.2, 0.25) is 0 Å². The van der Waals surface area contributed by atoms with E-state index in [4.69, 9.17) is 0 Å². The molecule has 124 valence electrons. The Morgan fingerprint density at radius 2 is 1.79 bits per heavy atom. The third kappa shape index (κ3) is 4.08. The number of aryl methyl sites for hydroxylation is 2. The highest BCUT2D eigenvalue weighted by Crippen LogP contribution is 2.24. The van der Waals surface area contributed by atoms with Crippen molar-refractivity contribution in [2.24, 2.45) is 0 Å². The molecule has 3 rings (SSSR count). The van der Waals surface area contributed by atoms with Crippen LogP contribution < -0.4 is 0 Å². The first-order valence-corrected chi connectivity index (χ1v) is 9.03. The Balaban J connectivity index is 1.78. The fraction of sp³-hybridized carbons (Fsp3) is 0.250. The van der Waals surface area contributed by atoms with Gasteiger partial charge in [-0.05, 0) is 25.0 Å². The van der Waals surface area contributed by atoms with Gasteiger partial charge in [-0.15, -0.1) is 0 Å². The summed E-state index contributed by atoms with van der Waals surface area (Å²) in [5.74, 6) is 0.872. The Labute approximate surface area is 147 Å². The van der Waals surface area contributed by atoms with Gasteiger partial charge in [0.25, 0.3) is 0 Å². The van der Waals surface area contributed by atoms with Gasteiger partial charge in [-0.3, -0.25) is 0 Å². The van der Waals surface area contributed by atoms with E-state index < -0.39 is 0 Å². The molecule has 0 saturated heterocycles. The van der Waals surface area contributed by atoms with Gasteiger partial charge in [-0.1, -0.05) is 71.4 Å². The smallest absolute Gasteiger partial charge is 0.168 e. The van der Waals surface area contributed by atoms with E-state index in [0.29, 0.717) is 0 Å². The average Bonchev–Trinajstić information content (AvgIpc) is 2.97. The molecular weight excluding hydrogens is 316 g/mol. The molecule has 2 aromatic carbocycles. The first-order chi connectivity index (χ1) is 11.7. The van der Waals surface area contributed by atoms with Crippen molar-refractivity contribution >= 4 is 11.8 Å². The lowest BCUT2D eigenvalue weighted by molar-refractivity contribution is 0.270. The fourth-order valence-electron chi connectivity index (χ4n) is 2.63. The number of hydrogen-bond donors (Lipinski definition) is 1. The normalized spacial score (nSPS) is 11.0. The second-order valence-electron chi connectivity index (χ2n) is 6.04. The summed E-state index contributed by atoms with van der Waals surface area (Å²) >= 11 is 1.71. The summed E-state index contributed by atoms with van der Waals surface area (Å²) in [5, 5.41) is 10.6. The van der Waals surface area contributed by atoms with E-state index in [-0.39, 0.29) is 6.61 Å². The molecule has 4 heteroatoms. The molecule has 24 heavy (non-hydrogen) atoms. The predicted molar refractivity (Wildman–Crippen MR) is 99.2 cm³/mol. The maximum absolute atomic E-state index is 9.61. The maximum atomic E-state index is 9.61. The van der Waals surface area contributed by atoms with E-state index in [0.717, 1.165) is 23.1 Å². The van der Waals surface area contributed by atoms with Crippen LogP contribution in [-0.4, -0.2) is 14.7 Å². The zero-order valence-electron chi connectivity index (χ0n) is 14.1. The fourth-order valence-corrected chi connectivity index (χ4v) is 3.57. The van der Waals surface area contributed by atoms with Crippen LogP contribution in [0.3, 0.4) is 0 Å². The van der Waals surface area contributed by atoms with Gasteiger partial charge in [0.2, 0.25) is 0 Å². The summed E-state index contributed by atoms with van der Waals surface area (Å²) < 4.78 is 2.10. The molecular formula is C20H22N2OS. The van der Waals surface area contributed by atoms with Gasteiger partial charge in [-0.25, -0.2) is 4.98 Å². The summed E-state index contributed by atoms with van der Waals surface area (Å²) in [4.78, 5) is 4.50. The third-order valence-corrected chi connectivity index (χ3v) is 5.04. The second kappa shape index (κ2) is 7.69. The Bertz CT molecular complexity index is 809. The first kappa shape index (κ1) is 16.8. The zero-order valence-corrected chi connectivity index (χ0v) is 14.9. The minimum absolute atomic E-state index is 0.00384. The monoisotopic (exact) mass is 338 g/mol. The van der Waals surface area contributed by atoms with Crippen molar-refractivity contribution in [3.63, 3.8) is 0 Å². The minimum atomic E-state index is 0.00384. The number of aliphatic hydroxyl groups excluding tert-OH is 1. The largest absolute Gasteiger partial charge is 0.390 e. The standard InChI is InChI=1S/C20H22N2OS/c1-15-6-8-17(9-7-15)12-22-19(13-23)11-21-20(22)24-14-18-5-3-4-16(2)10-18/h3-11,23H,12-14H2,1-2H3. The number of thioether (sulfide) groups is 1. The van der Waals surface area contributed by atoms with Gasteiger partial charge in [-0.2, -0.15) is 0 Å². The van der Waals surface area contributed by atoms with Gasteiger partial charge in [0.1, 0.15) is 0 Å². The van der Waals surface area contributed by atoms with Crippen LogP contribution in [0.4, 0.5) is 0 Å². The minimum Gasteiger partial charge on any atom is -0.390 e. The molecule has 0 unspecified atom stereocenters. The molecule has 0 amide bonds. The van der Waals surface area contributed by atoms with Crippen LogP contribution in [0.1, 0.15) is 27.9 Å². The summed E-state index contributed by atoms with van der Waals surface area (Å²) in [5.41, 5.74) is 5.87. The SMILES string of the molecule is Cc1ccc(Cn2c(CO)cnc2SCc2cccc(C)c2)cc1. The Kier molecular flexibility index (Phi) is 5.38. The lowest BCUT2D eigenvalue weighted by atomic mass is 10.1. The summed E-state index contributed by atoms with van der Waals surface area (Å²) in [7, 11) is 0. The molecule has 0 spiro atoms. The molecule has 1 heterocycles. The van der Waals surface area contributed by atoms with Gasteiger partial charge in [0.05, 0.1) is 18.5 Å². The highest BCUT2D eigenvalue weighted by molar-refractivity contribution is 7.98. The number of benzene rings is 2. The predicted octanol–water partition coefficient (Wildman–Crippen LogP) is 4.33. The first-order valence-electron chi connectivity index (χ1n) is 8.05. The maximum Gasteiger partial charge on any atom is 0.168 e. The lowest BCUT2D eigenvalue weighted by Crippen LogP contribution is -2.06. The summed E-state index contributed by atoms with van der Waals surface area (Å²) in [6.45, 7) is 4.93. The third-order valence-electron chi connectivity index (χ3n) is 3.98. The Hall–Kier alpha value is -2.04. The van der Waals surface area contributed by atoms with E-state index in [1.165, 1.54) is 22.3 Å². The molecule has 0 saturated carbocycles. The van der Waals surface area contributed by atoms with Crippen LogP contribution in [0, 0.1) is 13.8 Å². The molecule has 1 N–H and O–H groups in total. The molecule has 0 bridgehead atoms.